The zero-order valence-electron chi connectivity index (χ0n) is 15.1. The van der Waals surface area contributed by atoms with Crippen molar-refractivity contribution in [2.45, 2.75) is 57.0 Å². The minimum Gasteiger partial charge on any atom is -0.480 e. The molecular formula is C18H23N3O6. The van der Waals surface area contributed by atoms with Crippen LogP contribution in [-0.4, -0.2) is 39.4 Å². The summed E-state index contributed by atoms with van der Waals surface area (Å²) >= 11 is 0. The number of nitrogens with zero attached hydrogens (tertiary/aromatic N) is 1. The van der Waals surface area contributed by atoms with E-state index < -0.39 is 34.3 Å². The van der Waals surface area contributed by atoms with Crippen LogP contribution in [0.5, 0.6) is 0 Å². The molecule has 1 saturated carbocycles. The lowest BCUT2D eigenvalue weighted by molar-refractivity contribution is -0.384. The zero-order valence-corrected chi connectivity index (χ0v) is 15.1. The molecule has 0 radical (unpaired) electrons. The number of rotatable bonds is 6. The van der Waals surface area contributed by atoms with E-state index >= 15 is 0 Å². The van der Waals surface area contributed by atoms with Crippen LogP contribution < -0.4 is 10.6 Å². The van der Waals surface area contributed by atoms with Crippen LogP contribution in [0.25, 0.3) is 0 Å². The van der Waals surface area contributed by atoms with Gasteiger partial charge in [-0.3, -0.25) is 19.7 Å². The lowest BCUT2D eigenvalue weighted by Crippen LogP contribution is -2.58. The molecule has 27 heavy (non-hydrogen) atoms. The first kappa shape index (κ1) is 20.3. The van der Waals surface area contributed by atoms with E-state index in [4.69, 9.17) is 0 Å². The minimum absolute atomic E-state index is 0.0475. The molecule has 1 unspecified atom stereocenters. The molecular weight excluding hydrogens is 354 g/mol. The predicted molar refractivity (Wildman–Crippen MR) is 96.2 cm³/mol. The molecule has 3 N–H and O–H groups in total. The number of carboxylic acid groups (broad SMARTS) is 1. The van der Waals surface area contributed by atoms with Gasteiger partial charge in [0.15, 0.2) is 0 Å². The molecule has 1 aromatic rings. The summed E-state index contributed by atoms with van der Waals surface area (Å²) in [7, 11) is 0. The van der Waals surface area contributed by atoms with Crippen LogP contribution in [0.3, 0.4) is 0 Å². The second kappa shape index (κ2) is 8.61. The van der Waals surface area contributed by atoms with Crippen molar-refractivity contribution < 1.29 is 24.4 Å². The van der Waals surface area contributed by atoms with E-state index in [9.17, 15) is 29.6 Å². The Morgan fingerprint density at radius 3 is 2.37 bits per heavy atom. The maximum Gasteiger partial charge on any atom is 0.329 e. The van der Waals surface area contributed by atoms with E-state index in [2.05, 4.69) is 10.6 Å². The molecule has 0 aromatic heterocycles. The number of carbonyl (C=O) groups excluding carboxylic acids is 2. The number of non-ortho nitro benzene ring substituents is 1. The highest BCUT2D eigenvalue weighted by atomic mass is 16.6. The monoisotopic (exact) mass is 377 g/mol. The molecule has 0 spiro atoms. The summed E-state index contributed by atoms with van der Waals surface area (Å²) in [5.41, 5.74) is -1.51. The van der Waals surface area contributed by atoms with Gasteiger partial charge in [0.05, 0.1) is 4.92 Å². The maximum atomic E-state index is 12.5. The summed E-state index contributed by atoms with van der Waals surface area (Å²) in [6.45, 7) is 1.44. The molecule has 9 nitrogen and oxygen atoms in total. The second-order valence-electron chi connectivity index (χ2n) is 6.79. The Balaban J connectivity index is 2.05. The van der Waals surface area contributed by atoms with Crippen LogP contribution in [-0.2, 0) is 9.59 Å². The number of carboxylic acids is 1. The second-order valence-corrected chi connectivity index (χ2v) is 6.79. The molecule has 1 atom stereocenters. The lowest BCUT2D eigenvalue weighted by Gasteiger charge is -2.30. The van der Waals surface area contributed by atoms with Gasteiger partial charge in [-0.25, -0.2) is 4.79 Å². The number of hydrogen-bond donors (Lipinski definition) is 3. The molecule has 1 aromatic carbocycles. The number of nitro benzene ring substituents is 1. The topological polar surface area (TPSA) is 139 Å². The van der Waals surface area contributed by atoms with E-state index in [0.29, 0.717) is 25.7 Å². The first-order valence-corrected chi connectivity index (χ1v) is 8.86. The summed E-state index contributed by atoms with van der Waals surface area (Å²) < 4.78 is 0. The molecule has 2 rings (SSSR count). The van der Waals surface area contributed by atoms with Gasteiger partial charge in [-0.1, -0.05) is 31.7 Å². The lowest BCUT2D eigenvalue weighted by atomic mass is 9.90. The molecule has 0 heterocycles. The first-order chi connectivity index (χ1) is 12.7. The average molecular weight is 377 g/mol. The van der Waals surface area contributed by atoms with Crippen molar-refractivity contribution in [1.82, 2.24) is 10.6 Å². The van der Waals surface area contributed by atoms with E-state index in [-0.39, 0.29) is 11.3 Å². The number of amides is 2. The van der Waals surface area contributed by atoms with Crippen molar-refractivity contribution in [2.24, 2.45) is 0 Å². The third-order valence-electron chi connectivity index (χ3n) is 4.79. The van der Waals surface area contributed by atoms with E-state index in [1.807, 2.05) is 0 Å². The Labute approximate surface area is 156 Å². The molecule has 1 aliphatic carbocycles. The van der Waals surface area contributed by atoms with Crippen LogP contribution in [0.1, 0.15) is 55.8 Å². The summed E-state index contributed by atoms with van der Waals surface area (Å²) in [4.78, 5) is 46.7. The van der Waals surface area contributed by atoms with Gasteiger partial charge < -0.3 is 15.7 Å². The zero-order chi connectivity index (χ0) is 20.0. The number of hydrogen-bond acceptors (Lipinski definition) is 5. The third-order valence-corrected chi connectivity index (χ3v) is 4.79. The minimum atomic E-state index is -1.32. The van der Waals surface area contributed by atoms with Gasteiger partial charge in [-0.15, -0.1) is 0 Å². The predicted octanol–water partition coefficient (Wildman–Crippen LogP) is 2.01. The van der Waals surface area contributed by atoms with Crippen molar-refractivity contribution in [2.75, 3.05) is 0 Å². The standard InChI is InChI=1S/C18H23N3O6/c1-12(19-16(23)13-7-6-8-14(11-13)21(26)27)15(22)20-18(17(24)25)9-4-2-3-5-10-18/h6-8,11-12H,2-5,9-10H2,1H3,(H,19,23)(H,20,22)(H,24,25). The molecule has 2 amide bonds. The maximum absolute atomic E-state index is 12.5. The average Bonchev–Trinajstić information content (AvgIpc) is 2.88. The SMILES string of the molecule is CC(NC(=O)c1cccc([N+](=O)[O-])c1)C(=O)NC1(C(=O)O)CCCCCC1. The van der Waals surface area contributed by atoms with Crippen molar-refractivity contribution in [3.05, 3.63) is 39.9 Å². The fraction of sp³-hybridized carbons (Fsp3) is 0.500. The van der Waals surface area contributed by atoms with Crippen molar-refractivity contribution in [3.63, 3.8) is 0 Å². The fourth-order valence-electron chi connectivity index (χ4n) is 3.17. The van der Waals surface area contributed by atoms with Crippen LogP contribution in [0.4, 0.5) is 5.69 Å². The Morgan fingerprint density at radius 1 is 1.19 bits per heavy atom. The van der Waals surface area contributed by atoms with Crippen molar-refractivity contribution >= 4 is 23.5 Å². The summed E-state index contributed by atoms with van der Waals surface area (Å²) in [6, 6.07) is 4.16. The number of nitro groups is 1. The number of aliphatic carboxylic acids is 1. The normalized spacial score (nSPS) is 17.2. The van der Waals surface area contributed by atoms with Gasteiger partial charge >= 0.3 is 5.97 Å². The smallest absolute Gasteiger partial charge is 0.329 e. The number of nitrogens with one attached hydrogen (secondary N) is 2. The molecule has 0 bridgehead atoms. The van der Waals surface area contributed by atoms with Gasteiger partial charge in [0.25, 0.3) is 11.6 Å². The quantitative estimate of drug-likeness (QED) is 0.394. The summed E-state index contributed by atoms with van der Waals surface area (Å²) in [5.74, 6) is -2.32. The van der Waals surface area contributed by atoms with Gasteiger partial charge in [-0.05, 0) is 25.8 Å². The highest BCUT2D eigenvalue weighted by Gasteiger charge is 2.40. The Morgan fingerprint density at radius 2 is 1.81 bits per heavy atom. The first-order valence-electron chi connectivity index (χ1n) is 8.86. The van der Waals surface area contributed by atoms with E-state index in [0.717, 1.165) is 18.9 Å². The molecule has 0 aliphatic heterocycles. The third kappa shape index (κ3) is 5.02. The van der Waals surface area contributed by atoms with Crippen LogP contribution >= 0.6 is 0 Å². The Kier molecular flexibility index (Phi) is 6.49. The summed E-state index contributed by atoms with van der Waals surface area (Å²) in [6.07, 6.45) is 3.95. The highest BCUT2D eigenvalue weighted by Crippen LogP contribution is 2.27. The van der Waals surface area contributed by atoms with Gasteiger partial charge in [0.2, 0.25) is 5.91 Å². The highest BCUT2D eigenvalue weighted by molar-refractivity contribution is 5.98. The Bertz CT molecular complexity index is 740. The van der Waals surface area contributed by atoms with Crippen LogP contribution in [0.15, 0.2) is 24.3 Å². The van der Waals surface area contributed by atoms with Gasteiger partial charge in [0.1, 0.15) is 11.6 Å². The van der Waals surface area contributed by atoms with Crippen LogP contribution in [0, 0.1) is 10.1 Å². The largest absolute Gasteiger partial charge is 0.480 e. The van der Waals surface area contributed by atoms with Gasteiger partial charge in [-0.2, -0.15) is 0 Å². The van der Waals surface area contributed by atoms with Crippen molar-refractivity contribution in [3.8, 4) is 0 Å². The van der Waals surface area contributed by atoms with Crippen molar-refractivity contribution in [1.29, 1.82) is 0 Å². The molecule has 1 fully saturated rings. The molecule has 1 aliphatic rings. The molecule has 9 heteroatoms. The fourth-order valence-corrected chi connectivity index (χ4v) is 3.17. The van der Waals surface area contributed by atoms with E-state index in [1.165, 1.54) is 25.1 Å². The Hall–Kier alpha value is -2.97. The van der Waals surface area contributed by atoms with E-state index in [1.54, 1.807) is 0 Å². The van der Waals surface area contributed by atoms with Crippen LogP contribution in [0.2, 0.25) is 0 Å². The number of benzene rings is 1. The number of carbonyl (C=O) groups is 3. The summed E-state index contributed by atoms with van der Waals surface area (Å²) in [5, 5.41) is 25.5. The van der Waals surface area contributed by atoms with Gasteiger partial charge in [0, 0.05) is 17.7 Å². The molecule has 146 valence electrons. The molecule has 0 saturated heterocycles.